The molecule has 0 bridgehead atoms. The Balaban J connectivity index is 1.65. The molecule has 126 valence electrons. The molecule has 1 aromatic carbocycles. The fourth-order valence-corrected chi connectivity index (χ4v) is 4.07. The molecular formula is C19H28N2O2. The Bertz CT molecular complexity index is 570. The van der Waals surface area contributed by atoms with Gasteiger partial charge in [-0.2, -0.15) is 0 Å². The van der Waals surface area contributed by atoms with E-state index < -0.39 is 0 Å². The van der Waals surface area contributed by atoms with Gasteiger partial charge in [0.2, 0.25) is 0 Å². The quantitative estimate of drug-likeness (QED) is 0.859. The fraction of sp³-hybridized carbons (Fsp3) is 0.632. The van der Waals surface area contributed by atoms with E-state index in [0.717, 1.165) is 35.5 Å². The van der Waals surface area contributed by atoms with Crippen LogP contribution in [0.15, 0.2) is 12.1 Å². The number of carbonyl (C=O) groups excluding carboxylic acids is 1. The highest BCUT2D eigenvalue weighted by Crippen LogP contribution is 2.28. The molecule has 0 radical (unpaired) electrons. The number of methoxy groups -OCH3 is 1. The molecule has 2 aliphatic heterocycles. The monoisotopic (exact) mass is 316 g/mol. The predicted molar refractivity (Wildman–Crippen MR) is 92.2 cm³/mol. The second kappa shape index (κ2) is 6.52. The zero-order valence-corrected chi connectivity index (χ0v) is 14.8. The van der Waals surface area contributed by atoms with Crippen LogP contribution in [0.4, 0.5) is 0 Å². The molecular weight excluding hydrogens is 288 g/mol. The molecule has 0 saturated carbocycles. The number of ether oxygens (including phenoxy) is 1. The molecule has 0 N–H and O–H groups in total. The van der Waals surface area contributed by atoms with Gasteiger partial charge in [0.05, 0.1) is 7.11 Å². The van der Waals surface area contributed by atoms with Gasteiger partial charge in [-0.1, -0.05) is 6.42 Å². The van der Waals surface area contributed by atoms with Gasteiger partial charge >= 0.3 is 0 Å². The van der Waals surface area contributed by atoms with E-state index >= 15 is 0 Å². The normalized spacial score (nSPS) is 22.8. The Kier molecular flexibility index (Phi) is 4.62. The van der Waals surface area contributed by atoms with Crippen molar-refractivity contribution in [1.29, 1.82) is 0 Å². The first-order valence-corrected chi connectivity index (χ1v) is 8.71. The van der Waals surface area contributed by atoms with Gasteiger partial charge < -0.3 is 9.64 Å². The molecule has 1 unspecified atom stereocenters. The molecule has 2 heterocycles. The molecule has 4 heteroatoms. The van der Waals surface area contributed by atoms with Gasteiger partial charge in [0.25, 0.3) is 5.91 Å². The summed E-state index contributed by atoms with van der Waals surface area (Å²) in [4.78, 5) is 17.3. The summed E-state index contributed by atoms with van der Waals surface area (Å²) in [5.41, 5.74) is 2.83. The number of aryl methyl sites for hydroxylation is 2. The van der Waals surface area contributed by atoms with Crippen molar-refractivity contribution >= 4 is 5.91 Å². The second-order valence-corrected chi connectivity index (χ2v) is 7.09. The summed E-state index contributed by atoms with van der Waals surface area (Å²) >= 11 is 0. The van der Waals surface area contributed by atoms with Gasteiger partial charge in [0.1, 0.15) is 5.75 Å². The van der Waals surface area contributed by atoms with E-state index in [1.165, 1.54) is 25.8 Å². The number of amides is 1. The van der Waals surface area contributed by atoms with Crippen molar-refractivity contribution in [2.45, 2.75) is 52.1 Å². The minimum absolute atomic E-state index is 0.153. The molecule has 2 saturated heterocycles. The van der Waals surface area contributed by atoms with Crippen LogP contribution < -0.4 is 4.74 Å². The highest BCUT2D eigenvalue weighted by Gasteiger charge is 2.37. The molecule has 4 nitrogen and oxygen atoms in total. The summed E-state index contributed by atoms with van der Waals surface area (Å²) in [5.74, 6) is 1.03. The fourth-order valence-electron chi connectivity index (χ4n) is 4.07. The van der Waals surface area contributed by atoms with E-state index in [2.05, 4.69) is 11.8 Å². The zero-order chi connectivity index (χ0) is 16.6. The SMILES string of the molecule is COc1c(C)cc(C(=O)N2CC(N3CCCCC3C)C2)cc1C. The summed E-state index contributed by atoms with van der Waals surface area (Å²) < 4.78 is 5.39. The van der Waals surface area contributed by atoms with Crippen molar-refractivity contribution < 1.29 is 9.53 Å². The molecule has 2 fully saturated rings. The minimum atomic E-state index is 0.153. The lowest BCUT2D eigenvalue weighted by atomic mass is 9.96. The predicted octanol–water partition coefficient (Wildman–Crippen LogP) is 3.01. The molecule has 0 spiro atoms. The standard InChI is InChI=1S/C19H28N2O2/c1-13-9-16(10-14(2)18(13)23-4)19(22)20-11-17(12-20)21-8-6-5-7-15(21)3/h9-10,15,17H,5-8,11-12H2,1-4H3. The summed E-state index contributed by atoms with van der Waals surface area (Å²) in [5, 5.41) is 0. The number of carbonyl (C=O) groups is 1. The van der Waals surface area contributed by atoms with Gasteiger partial charge in [-0.3, -0.25) is 9.69 Å². The van der Waals surface area contributed by atoms with Gasteiger partial charge in [0.15, 0.2) is 0 Å². The van der Waals surface area contributed by atoms with Crippen LogP contribution in [-0.2, 0) is 0 Å². The highest BCUT2D eigenvalue weighted by atomic mass is 16.5. The van der Waals surface area contributed by atoms with E-state index in [0.29, 0.717) is 12.1 Å². The van der Waals surface area contributed by atoms with E-state index in [-0.39, 0.29) is 5.91 Å². The molecule has 1 atom stereocenters. The van der Waals surface area contributed by atoms with Gasteiger partial charge in [-0.05, 0) is 63.4 Å². The van der Waals surface area contributed by atoms with Crippen molar-refractivity contribution in [3.8, 4) is 5.75 Å². The first kappa shape index (κ1) is 16.3. The minimum Gasteiger partial charge on any atom is -0.496 e. The van der Waals surface area contributed by atoms with Crippen molar-refractivity contribution in [1.82, 2.24) is 9.80 Å². The Morgan fingerprint density at radius 3 is 2.39 bits per heavy atom. The Morgan fingerprint density at radius 2 is 1.83 bits per heavy atom. The van der Waals surface area contributed by atoms with Crippen molar-refractivity contribution in [2.75, 3.05) is 26.7 Å². The summed E-state index contributed by atoms with van der Waals surface area (Å²) in [6, 6.07) is 5.11. The molecule has 1 aromatic rings. The largest absolute Gasteiger partial charge is 0.496 e. The third-order valence-corrected chi connectivity index (χ3v) is 5.38. The molecule has 3 rings (SSSR count). The van der Waals surface area contributed by atoms with Crippen LogP contribution in [0, 0.1) is 13.8 Å². The number of benzene rings is 1. The smallest absolute Gasteiger partial charge is 0.253 e. The summed E-state index contributed by atoms with van der Waals surface area (Å²) in [7, 11) is 1.68. The molecule has 23 heavy (non-hydrogen) atoms. The summed E-state index contributed by atoms with van der Waals surface area (Å²) in [6.07, 6.45) is 3.93. The van der Waals surface area contributed by atoms with Crippen LogP contribution in [0.5, 0.6) is 5.75 Å². The van der Waals surface area contributed by atoms with Gasteiger partial charge in [0, 0.05) is 30.7 Å². The van der Waals surface area contributed by atoms with Crippen molar-refractivity contribution in [2.24, 2.45) is 0 Å². The van der Waals surface area contributed by atoms with E-state index in [4.69, 9.17) is 4.74 Å². The maximum atomic E-state index is 12.7. The van der Waals surface area contributed by atoms with Crippen LogP contribution in [-0.4, -0.2) is 54.5 Å². The Hall–Kier alpha value is -1.55. The summed E-state index contributed by atoms with van der Waals surface area (Å²) in [6.45, 7) is 9.24. The zero-order valence-electron chi connectivity index (χ0n) is 14.8. The van der Waals surface area contributed by atoms with Crippen LogP contribution in [0.1, 0.15) is 47.7 Å². The van der Waals surface area contributed by atoms with Crippen LogP contribution in [0.2, 0.25) is 0 Å². The number of nitrogens with zero attached hydrogens (tertiary/aromatic N) is 2. The van der Waals surface area contributed by atoms with E-state index in [1.807, 2.05) is 30.9 Å². The van der Waals surface area contributed by atoms with Crippen LogP contribution in [0.25, 0.3) is 0 Å². The topological polar surface area (TPSA) is 32.8 Å². The lowest BCUT2D eigenvalue weighted by Crippen LogP contribution is -2.63. The third kappa shape index (κ3) is 3.09. The maximum Gasteiger partial charge on any atom is 0.253 e. The van der Waals surface area contributed by atoms with Gasteiger partial charge in [-0.15, -0.1) is 0 Å². The second-order valence-electron chi connectivity index (χ2n) is 7.09. The average Bonchev–Trinajstić information content (AvgIpc) is 2.47. The molecule has 1 amide bonds. The van der Waals surface area contributed by atoms with Crippen LogP contribution in [0.3, 0.4) is 0 Å². The number of hydrogen-bond acceptors (Lipinski definition) is 3. The lowest BCUT2D eigenvalue weighted by molar-refractivity contribution is 0.00212. The van der Waals surface area contributed by atoms with Crippen molar-refractivity contribution in [3.05, 3.63) is 28.8 Å². The lowest BCUT2D eigenvalue weighted by Gasteiger charge is -2.49. The maximum absolute atomic E-state index is 12.7. The number of piperidine rings is 1. The molecule has 0 aromatic heterocycles. The molecule has 2 aliphatic rings. The van der Waals surface area contributed by atoms with Gasteiger partial charge in [-0.25, -0.2) is 0 Å². The highest BCUT2D eigenvalue weighted by molar-refractivity contribution is 5.95. The average molecular weight is 316 g/mol. The molecule has 0 aliphatic carbocycles. The Morgan fingerprint density at radius 1 is 1.17 bits per heavy atom. The van der Waals surface area contributed by atoms with E-state index in [9.17, 15) is 4.79 Å². The van der Waals surface area contributed by atoms with Crippen molar-refractivity contribution in [3.63, 3.8) is 0 Å². The van der Waals surface area contributed by atoms with E-state index in [1.54, 1.807) is 7.11 Å². The van der Waals surface area contributed by atoms with Crippen LogP contribution >= 0.6 is 0 Å². The third-order valence-electron chi connectivity index (χ3n) is 5.38. The number of rotatable bonds is 3. The first-order chi connectivity index (χ1) is 11.0. The number of likely N-dealkylation sites (tertiary alicyclic amines) is 2. The Labute approximate surface area is 139 Å². The number of hydrogen-bond donors (Lipinski definition) is 0. The first-order valence-electron chi connectivity index (χ1n) is 8.71.